The molecule has 1 amide bonds. The van der Waals surface area contributed by atoms with Gasteiger partial charge in [0.1, 0.15) is 5.69 Å². The molecule has 1 N–H and O–H groups in total. The summed E-state index contributed by atoms with van der Waals surface area (Å²) in [5.41, 5.74) is 2.78. The first-order valence-corrected chi connectivity index (χ1v) is 7.58. The smallest absolute Gasteiger partial charge is 0.274 e. The van der Waals surface area contributed by atoms with E-state index >= 15 is 0 Å². The second kappa shape index (κ2) is 6.87. The first-order valence-electron chi connectivity index (χ1n) is 7.58. The lowest BCUT2D eigenvalue weighted by Gasteiger charge is -2.11. The molecule has 0 saturated heterocycles. The van der Waals surface area contributed by atoms with Crippen LogP contribution in [0.5, 0.6) is 0 Å². The molecule has 0 bridgehead atoms. The minimum atomic E-state index is -0.344. The Hall–Kier alpha value is -3.27. The molecule has 3 aromatic rings. The maximum absolute atomic E-state index is 12.7. The first-order chi connectivity index (χ1) is 11.6. The molecule has 0 spiro atoms. The van der Waals surface area contributed by atoms with Crippen molar-refractivity contribution in [2.24, 2.45) is 0 Å². The average Bonchev–Trinajstić information content (AvgIpc) is 2.63. The Bertz CT molecular complexity index is 875. The van der Waals surface area contributed by atoms with Crippen LogP contribution in [0.2, 0.25) is 0 Å². The van der Waals surface area contributed by atoms with Gasteiger partial charge in [0.2, 0.25) is 0 Å². The van der Waals surface area contributed by atoms with Crippen molar-refractivity contribution in [2.75, 3.05) is 5.32 Å². The van der Waals surface area contributed by atoms with Crippen molar-refractivity contribution < 1.29 is 9.59 Å². The molecule has 1 heterocycles. The van der Waals surface area contributed by atoms with Gasteiger partial charge in [0, 0.05) is 17.3 Å². The predicted octanol–water partition coefficient (Wildman–Crippen LogP) is 3.87. The maximum atomic E-state index is 12.7. The Morgan fingerprint density at radius 1 is 0.917 bits per heavy atom. The van der Waals surface area contributed by atoms with E-state index in [1.165, 1.54) is 0 Å². The number of hydrogen-bond acceptors (Lipinski definition) is 3. The van der Waals surface area contributed by atoms with Crippen molar-refractivity contribution in [3.8, 4) is 0 Å². The van der Waals surface area contributed by atoms with Gasteiger partial charge in [0.25, 0.3) is 5.91 Å². The van der Waals surface area contributed by atoms with E-state index in [9.17, 15) is 9.59 Å². The number of benzene rings is 2. The Labute approximate surface area is 140 Å². The highest BCUT2D eigenvalue weighted by atomic mass is 16.2. The zero-order valence-corrected chi connectivity index (χ0v) is 13.2. The van der Waals surface area contributed by atoms with Gasteiger partial charge < -0.3 is 5.32 Å². The van der Waals surface area contributed by atoms with Gasteiger partial charge in [-0.15, -0.1) is 0 Å². The fraction of sp³-hybridized carbons (Fsp3) is 0.0500. The number of rotatable bonds is 4. The van der Waals surface area contributed by atoms with Crippen molar-refractivity contribution >= 4 is 17.4 Å². The quantitative estimate of drug-likeness (QED) is 0.743. The second-order valence-corrected chi connectivity index (χ2v) is 5.41. The number of aryl methyl sites for hydroxylation is 1. The van der Waals surface area contributed by atoms with Gasteiger partial charge in [-0.3, -0.25) is 14.6 Å². The number of ketones is 1. The largest absolute Gasteiger partial charge is 0.320 e. The van der Waals surface area contributed by atoms with Crippen LogP contribution in [0, 0.1) is 6.92 Å². The van der Waals surface area contributed by atoms with Crippen molar-refractivity contribution in [1.29, 1.82) is 0 Å². The summed E-state index contributed by atoms with van der Waals surface area (Å²) in [6.07, 6.45) is 1.56. The van der Waals surface area contributed by atoms with E-state index < -0.39 is 0 Å². The summed E-state index contributed by atoms with van der Waals surface area (Å²) >= 11 is 0. The van der Waals surface area contributed by atoms with Gasteiger partial charge in [-0.2, -0.15) is 0 Å². The summed E-state index contributed by atoms with van der Waals surface area (Å²) in [6.45, 7) is 1.91. The molecule has 118 valence electrons. The minimum Gasteiger partial charge on any atom is -0.320 e. The lowest BCUT2D eigenvalue weighted by Crippen LogP contribution is -2.16. The molecule has 3 rings (SSSR count). The van der Waals surface area contributed by atoms with E-state index in [1.807, 2.05) is 31.2 Å². The molecule has 0 atom stereocenters. The van der Waals surface area contributed by atoms with Gasteiger partial charge in [0.15, 0.2) is 5.78 Å². The summed E-state index contributed by atoms with van der Waals surface area (Å²) in [7, 11) is 0. The highest BCUT2D eigenvalue weighted by Crippen LogP contribution is 2.22. The van der Waals surface area contributed by atoms with E-state index in [0.29, 0.717) is 22.5 Å². The van der Waals surface area contributed by atoms with Gasteiger partial charge in [-0.25, -0.2) is 0 Å². The Balaban J connectivity index is 1.95. The molecule has 0 aliphatic rings. The SMILES string of the molecule is Cc1ccc(C(=O)c2ccccc2)c(NC(=O)c2ccccn2)c1. The van der Waals surface area contributed by atoms with Crippen LogP contribution in [-0.4, -0.2) is 16.7 Å². The van der Waals surface area contributed by atoms with Crippen LogP contribution in [0.3, 0.4) is 0 Å². The molecular weight excluding hydrogens is 300 g/mol. The standard InChI is InChI=1S/C20H16N2O2/c1-14-10-11-16(19(23)15-7-3-2-4-8-15)18(13-14)22-20(24)17-9-5-6-12-21-17/h2-13H,1H3,(H,22,24). The Morgan fingerprint density at radius 3 is 2.38 bits per heavy atom. The monoisotopic (exact) mass is 316 g/mol. The molecule has 0 unspecified atom stereocenters. The third-order valence-corrected chi connectivity index (χ3v) is 3.60. The summed E-state index contributed by atoms with van der Waals surface area (Å²) < 4.78 is 0. The Kier molecular flexibility index (Phi) is 4.47. The van der Waals surface area contributed by atoms with Gasteiger partial charge in [0.05, 0.1) is 5.69 Å². The second-order valence-electron chi connectivity index (χ2n) is 5.41. The van der Waals surface area contributed by atoms with Gasteiger partial charge in [-0.1, -0.05) is 42.5 Å². The number of nitrogens with zero attached hydrogens (tertiary/aromatic N) is 1. The number of pyridine rings is 1. The predicted molar refractivity (Wildman–Crippen MR) is 93.2 cm³/mol. The minimum absolute atomic E-state index is 0.132. The van der Waals surface area contributed by atoms with Gasteiger partial charge >= 0.3 is 0 Å². The summed E-state index contributed by atoms with van der Waals surface area (Å²) in [6, 6.07) is 19.5. The zero-order chi connectivity index (χ0) is 16.9. The third-order valence-electron chi connectivity index (χ3n) is 3.60. The summed E-state index contributed by atoms with van der Waals surface area (Å²) in [5.74, 6) is -0.477. The molecule has 0 saturated carbocycles. The van der Waals surface area contributed by atoms with Crippen molar-refractivity contribution in [3.63, 3.8) is 0 Å². The van der Waals surface area contributed by atoms with Crippen molar-refractivity contribution in [3.05, 3.63) is 95.3 Å². The Morgan fingerprint density at radius 2 is 1.67 bits per heavy atom. The van der Waals surface area contributed by atoms with E-state index in [4.69, 9.17) is 0 Å². The average molecular weight is 316 g/mol. The number of nitrogens with one attached hydrogen (secondary N) is 1. The van der Waals surface area contributed by atoms with E-state index in [2.05, 4.69) is 10.3 Å². The number of carbonyl (C=O) groups is 2. The maximum Gasteiger partial charge on any atom is 0.274 e. The number of amides is 1. The lowest BCUT2D eigenvalue weighted by atomic mass is 10.00. The topological polar surface area (TPSA) is 59.1 Å². The van der Waals surface area contributed by atoms with E-state index in [0.717, 1.165) is 5.56 Å². The first kappa shape index (κ1) is 15.6. The molecule has 24 heavy (non-hydrogen) atoms. The molecule has 0 aliphatic carbocycles. The van der Waals surface area contributed by atoms with Crippen LogP contribution in [0.4, 0.5) is 5.69 Å². The molecule has 0 radical (unpaired) electrons. The molecule has 1 aromatic heterocycles. The lowest BCUT2D eigenvalue weighted by molar-refractivity contribution is 0.102. The number of hydrogen-bond donors (Lipinski definition) is 1. The zero-order valence-electron chi connectivity index (χ0n) is 13.2. The molecule has 0 aliphatic heterocycles. The van der Waals surface area contributed by atoms with Crippen LogP contribution in [-0.2, 0) is 0 Å². The van der Waals surface area contributed by atoms with Crippen molar-refractivity contribution in [2.45, 2.75) is 6.92 Å². The molecule has 4 heteroatoms. The highest BCUT2D eigenvalue weighted by molar-refractivity contribution is 6.15. The van der Waals surface area contributed by atoms with Gasteiger partial charge in [-0.05, 0) is 36.8 Å². The van der Waals surface area contributed by atoms with E-state index in [1.54, 1.807) is 48.7 Å². The van der Waals surface area contributed by atoms with Crippen molar-refractivity contribution in [1.82, 2.24) is 4.98 Å². The number of anilines is 1. The highest BCUT2D eigenvalue weighted by Gasteiger charge is 2.16. The molecule has 2 aromatic carbocycles. The van der Waals surface area contributed by atoms with Crippen LogP contribution in [0.25, 0.3) is 0 Å². The van der Waals surface area contributed by atoms with Crippen LogP contribution >= 0.6 is 0 Å². The fourth-order valence-electron chi connectivity index (χ4n) is 2.39. The molecule has 0 fully saturated rings. The number of carbonyl (C=O) groups excluding carboxylic acids is 2. The van der Waals surface area contributed by atoms with Crippen LogP contribution in [0.15, 0.2) is 72.9 Å². The van der Waals surface area contributed by atoms with Crippen LogP contribution < -0.4 is 5.32 Å². The normalized spacial score (nSPS) is 10.2. The third kappa shape index (κ3) is 3.38. The van der Waals surface area contributed by atoms with Crippen LogP contribution in [0.1, 0.15) is 32.0 Å². The fourth-order valence-corrected chi connectivity index (χ4v) is 2.39. The summed E-state index contributed by atoms with van der Waals surface area (Å²) in [4.78, 5) is 29.1. The molecular formula is C20H16N2O2. The summed E-state index contributed by atoms with van der Waals surface area (Å²) in [5, 5.41) is 2.80. The number of aromatic nitrogens is 1. The van der Waals surface area contributed by atoms with E-state index in [-0.39, 0.29) is 11.7 Å². The molecule has 4 nitrogen and oxygen atoms in total.